The number of carbonyl (C=O) groups is 3. The average Bonchev–Trinajstić information content (AvgIpc) is 3.47. The van der Waals surface area contributed by atoms with Crippen molar-refractivity contribution < 1.29 is 28.6 Å². The molecule has 6 heteroatoms. The molecule has 1 unspecified atom stereocenters. The molecule has 0 fully saturated rings. The van der Waals surface area contributed by atoms with Gasteiger partial charge in [-0.2, -0.15) is 0 Å². The molecule has 0 aromatic carbocycles. The summed E-state index contributed by atoms with van der Waals surface area (Å²) in [4.78, 5) is 38.3. The first-order valence-electron chi connectivity index (χ1n) is 33.5. The van der Waals surface area contributed by atoms with Crippen molar-refractivity contribution in [1.29, 1.82) is 0 Å². The van der Waals surface area contributed by atoms with Crippen LogP contribution in [-0.4, -0.2) is 37.2 Å². The van der Waals surface area contributed by atoms with Gasteiger partial charge in [0.05, 0.1) is 0 Å². The fourth-order valence-electron chi connectivity index (χ4n) is 8.73. The molecule has 0 radical (unpaired) electrons. The average molecular weight is 1130 g/mol. The molecule has 462 valence electrons. The molecule has 6 nitrogen and oxygen atoms in total. The third-order valence-corrected chi connectivity index (χ3v) is 13.7. The first kappa shape index (κ1) is 77.0. The monoisotopic (exact) mass is 1130 g/mol. The van der Waals surface area contributed by atoms with Crippen LogP contribution in [0, 0.1) is 0 Å². The van der Waals surface area contributed by atoms with E-state index in [1.54, 1.807) is 0 Å². The largest absolute Gasteiger partial charge is 0.462 e. The minimum Gasteiger partial charge on any atom is -0.462 e. The quantitative estimate of drug-likeness (QED) is 0.0261. The van der Waals surface area contributed by atoms with E-state index in [1.165, 1.54) is 96.3 Å². The smallest absolute Gasteiger partial charge is 0.306 e. The van der Waals surface area contributed by atoms with Crippen molar-refractivity contribution in [2.24, 2.45) is 0 Å². The molecular formula is C76H122O6. The first-order chi connectivity index (χ1) is 40.5. The van der Waals surface area contributed by atoms with E-state index >= 15 is 0 Å². The summed E-state index contributed by atoms with van der Waals surface area (Å²) in [6, 6.07) is 0. The summed E-state index contributed by atoms with van der Waals surface area (Å²) >= 11 is 0. The Morgan fingerprint density at radius 3 is 0.780 bits per heavy atom. The van der Waals surface area contributed by atoms with Gasteiger partial charge in [0, 0.05) is 19.3 Å². The molecule has 0 aromatic rings. The molecule has 0 spiro atoms. The number of rotatable bonds is 59. The van der Waals surface area contributed by atoms with Crippen LogP contribution in [0.25, 0.3) is 0 Å². The maximum Gasteiger partial charge on any atom is 0.306 e. The van der Waals surface area contributed by atoms with E-state index in [9.17, 15) is 14.4 Å². The van der Waals surface area contributed by atoms with Gasteiger partial charge in [-0.15, -0.1) is 0 Å². The second-order valence-corrected chi connectivity index (χ2v) is 21.6. The molecule has 0 N–H and O–H groups in total. The standard InChI is InChI=1S/C76H122O6/c1-4-7-10-13-16-19-22-25-27-29-31-32-33-34-35-36-37-38-39-40-41-42-43-44-45-47-48-51-54-57-60-63-66-69-75(78)81-72-73(71-80-74(77)68-65-62-59-56-53-50-24-21-18-15-12-9-6-3)82-76(79)70-67-64-61-58-55-52-49-46-30-28-26-23-20-17-14-11-8-5-2/h7,10,16,19-21,23-25,27-28,30-32,34-35,37-38,40-41,43-44,47-48,54,57,73H,4-6,8-9,11-15,17-18,22,26,29,33,36,39,42,45-46,49-53,55-56,58-72H2,1-3H3/b10-7-,19-16-,23-20-,24-21-,27-25-,30-28-,32-31-,35-34-,38-37-,41-40-,44-43-,48-47-,57-54-. The predicted octanol–water partition coefficient (Wildman–Crippen LogP) is 23.3. The minimum atomic E-state index is -0.811. The van der Waals surface area contributed by atoms with E-state index in [1.807, 2.05) is 0 Å². The summed E-state index contributed by atoms with van der Waals surface area (Å²) in [5.74, 6) is -0.967. The van der Waals surface area contributed by atoms with Crippen molar-refractivity contribution in [3.8, 4) is 0 Å². The molecule has 0 saturated heterocycles. The molecule has 0 aliphatic heterocycles. The topological polar surface area (TPSA) is 78.9 Å². The molecule has 0 rings (SSSR count). The van der Waals surface area contributed by atoms with E-state index < -0.39 is 6.10 Å². The fourth-order valence-corrected chi connectivity index (χ4v) is 8.73. The zero-order chi connectivity index (χ0) is 59.2. The Bertz CT molecular complexity index is 1830. The van der Waals surface area contributed by atoms with E-state index in [-0.39, 0.29) is 31.1 Å². The summed E-state index contributed by atoms with van der Waals surface area (Å²) in [7, 11) is 0. The van der Waals surface area contributed by atoms with Crippen molar-refractivity contribution in [2.75, 3.05) is 13.2 Å². The van der Waals surface area contributed by atoms with Gasteiger partial charge in [0.2, 0.25) is 0 Å². The van der Waals surface area contributed by atoms with Crippen LogP contribution >= 0.6 is 0 Å². The lowest BCUT2D eigenvalue weighted by Crippen LogP contribution is -2.30. The lowest BCUT2D eigenvalue weighted by atomic mass is 10.1. The highest BCUT2D eigenvalue weighted by molar-refractivity contribution is 5.71. The number of hydrogen-bond acceptors (Lipinski definition) is 6. The Labute approximate surface area is 505 Å². The Morgan fingerprint density at radius 2 is 0.476 bits per heavy atom. The predicted molar refractivity (Wildman–Crippen MR) is 357 cm³/mol. The highest BCUT2D eigenvalue weighted by Gasteiger charge is 2.19. The van der Waals surface area contributed by atoms with E-state index in [0.29, 0.717) is 25.7 Å². The molecule has 0 amide bonds. The summed E-state index contributed by atoms with van der Waals surface area (Å²) < 4.78 is 16.9. The highest BCUT2D eigenvalue weighted by atomic mass is 16.6. The Balaban J connectivity index is 4.41. The Hall–Kier alpha value is -4.97. The second-order valence-electron chi connectivity index (χ2n) is 21.6. The summed E-state index contributed by atoms with van der Waals surface area (Å²) in [5.41, 5.74) is 0. The number of hydrogen-bond donors (Lipinski definition) is 0. The Morgan fingerprint density at radius 1 is 0.256 bits per heavy atom. The highest BCUT2D eigenvalue weighted by Crippen LogP contribution is 2.14. The van der Waals surface area contributed by atoms with Gasteiger partial charge < -0.3 is 14.2 Å². The summed E-state index contributed by atoms with van der Waals surface area (Å²) in [6.45, 7) is 6.45. The summed E-state index contributed by atoms with van der Waals surface area (Å²) in [6.07, 6.45) is 99.7. The molecule has 1 atom stereocenters. The van der Waals surface area contributed by atoms with Gasteiger partial charge in [-0.05, 0) is 154 Å². The van der Waals surface area contributed by atoms with E-state index in [4.69, 9.17) is 14.2 Å². The van der Waals surface area contributed by atoms with Crippen molar-refractivity contribution in [2.45, 2.75) is 290 Å². The lowest BCUT2D eigenvalue weighted by molar-refractivity contribution is -0.167. The third kappa shape index (κ3) is 65.8. The lowest BCUT2D eigenvalue weighted by Gasteiger charge is -2.18. The first-order valence-corrected chi connectivity index (χ1v) is 33.5. The molecule has 0 aliphatic rings. The number of allylic oxidation sites excluding steroid dienone is 26. The van der Waals surface area contributed by atoms with Gasteiger partial charge in [0.15, 0.2) is 6.10 Å². The molecule has 82 heavy (non-hydrogen) atoms. The van der Waals surface area contributed by atoms with Crippen molar-refractivity contribution >= 4 is 17.9 Å². The van der Waals surface area contributed by atoms with Crippen LogP contribution in [0.5, 0.6) is 0 Å². The van der Waals surface area contributed by atoms with Gasteiger partial charge in [-0.1, -0.05) is 269 Å². The van der Waals surface area contributed by atoms with Crippen LogP contribution in [-0.2, 0) is 28.6 Å². The number of esters is 3. The van der Waals surface area contributed by atoms with Crippen LogP contribution in [0.2, 0.25) is 0 Å². The molecule has 0 aromatic heterocycles. The molecular weight excluding hydrogens is 1010 g/mol. The van der Waals surface area contributed by atoms with Gasteiger partial charge in [-0.25, -0.2) is 0 Å². The molecule has 0 bridgehead atoms. The molecule has 0 saturated carbocycles. The second kappa shape index (κ2) is 68.5. The zero-order valence-corrected chi connectivity index (χ0v) is 52.9. The van der Waals surface area contributed by atoms with Crippen LogP contribution in [0.3, 0.4) is 0 Å². The van der Waals surface area contributed by atoms with E-state index in [2.05, 4.69) is 179 Å². The van der Waals surface area contributed by atoms with Crippen LogP contribution in [0.15, 0.2) is 158 Å². The normalized spacial score (nSPS) is 13.2. The van der Waals surface area contributed by atoms with Crippen LogP contribution < -0.4 is 0 Å². The van der Waals surface area contributed by atoms with E-state index in [0.717, 1.165) is 141 Å². The third-order valence-electron chi connectivity index (χ3n) is 13.7. The minimum absolute atomic E-state index is 0.104. The number of carbonyl (C=O) groups excluding carboxylic acids is 3. The van der Waals surface area contributed by atoms with Crippen molar-refractivity contribution in [1.82, 2.24) is 0 Å². The zero-order valence-electron chi connectivity index (χ0n) is 52.9. The van der Waals surface area contributed by atoms with Gasteiger partial charge >= 0.3 is 17.9 Å². The van der Waals surface area contributed by atoms with Gasteiger partial charge in [0.1, 0.15) is 13.2 Å². The summed E-state index contributed by atoms with van der Waals surface area (Å²) in [5, 5.41) is 0. The van der Waals surface area contributed by atoms with Crippen LogP contribution in [0.1, 0.15) is 284 Å². The van der Waals surface area contributed by atoms with Crippen LogP contribution in [0.4, 0.5) is 0 Å². The maximum atomic E-state index is 12.9. The molecule has 0 heterocycles. The molecule has 0 aliphatic carbocycles. The van der Waals surface area contributed by atoms with Gasteiger partial charge in [0.25, 0.3) is 0 Å². The number of ether oxygens (including phenoxy) is 3. The Kier molecular flexibility index (Phi) is 64.4. The fraction of sp³-hybridized carbons (Fsp3) is 0.618. The van der Waals surface area contributed by atoms with Gasteiger partial charge in [-0.3, -0.25) is 14.4 Å². The maximum absolute atomic E-state index is 12.9. The number of unbranched alkanes of at least 4 members (excludes halogenated alkanes) is 22. The van der Waals surface area contributed by atoms with Crippen molar-refractivity contribution in [3.63, 3.8) is 0 Å². The SMILES string of the molecule is CC/C=C\C/C=C\C/C=C\C/C=C\C/C=C\C/C=C\C/C=C\C/C=C\C/C=C\C/C=C\CCCCC(=O)OCC(COC(=O)CCCCCCC/C=C\CCCCCC)OC(=O)CCCCCCCCC/C=C\C/C=C\CCCCCC. The van der Waals surface area contributed by atoms with Crippen molar-refractivity contribution in [3.05, 3.63) is 158 Å².